The van der Waals surface area contributed by atoms with E-state index < -0.39 is 0 Å². The fourth-order valence-electron chi connectivity index (χ4n) is 4.53. The zero-order valence-electron chi connectivity index (χ0n) is 14.1. The third kappa shape index (κ3) is 2.87. The van der Waals surface area contributed by atoms with Crippen LogP contribution in [-0.4, -0.2) is 29.6 Å². The second-order valence-electron chi connectivity index (χ2n) is 7.29. The summed E-state index contributed by atoms with van der Waals surface area (Å²) < 4.78 is 0. The molecular weight excluding hydrogens is 294 g/mol. The molecule has 1 N–H and O–H groups in total. The highest BCUT2D eigenvalue weighted by atomic mass is 16.3. The molecule has 2 heteroatoms. The number of likely N-dealkylation sites (tertiary alicyclic amines) is 1. The van der Waals surface area contributed by atoms with Crippen molar-refractivity contribution < 1.29 is 5.11 Å². The van der Waals surface area contributed by atoms with Gasteiger partial charge in [-0.2, -0.15) is 0 Å². The molecule has 2 aromatic carbocycles. The maximum absolute atomic E-state index is 9.95. The summed E-state index contributed by atoms with van der Waals surface area (Å²) in [5.41, 5.74) is 2.89. The van der Waals surface area contributed by atoms with Gasteiger partial charge in [-0.3, -0.25) is 0 Å². The molecule has 2 nitrogen and oxygen atoms in total. The first kappa shape index (κ1) is 15.5. The third-order valence-electron chi connectivity index (χ3n) is 5.82. The number of phenolic OH excluding ortho intramolecular Hbond substituents is 1. The predicted molar refractivity (Wildman–Crippen MR) is 98.2 cm³/mol. The highest BCUT2D eigenvalue weighted by molar-refractivity contribution is 5.37. The summed E-state index contributed by atoms with van der Waals surface area (Å²) >= 11 is 0. The fourth-order valence-corrected chi connectivity index (χ4v) is 4.53. The average Bonchev–Trinajstić information content (AvgIpc) is 3.01. The molecule has 0 bridgehead atoms. The fraction of sp³-hybridized carbons (Fsp3) is 0.364. The van der Waals surface area contributed by atoms with Crippen molar-refractivity contribution in [2.24, 2.45) is 5.92 Å². The summed E-state index contributed by atoms with van der Waals surface area (Å²) in [6, 6.07) is 18.7. The van der Waals surface area contributed by atoms with Crippen molar-refractivity contribution in [1.82, 2.24) is 4.90 Å². The van der Waals surface area contributed by atoms with Crippen LogP contribution >= 0.6 is 0 Å². The first-order chi connectivity index (χ1) is 11.8. The number of nitrogens with zero attached hydrogens (tertiary/aromatic N) is 1. The molecule has 2 aliphatic rings. The molecule has 0 radical (unpaired) electrons. The van der Waals surface area contributed by atoms with Gasteiger partial charge >= 0.3 is 0 Å². The predicted octanol–water partition coefficient (Wildman–Crippen LogP) is 4.15. The number of phenols is 1. The van der Waals surface area contributed by atoms with Crippen LogP contribution in [0.4, 0.5) is 0 Å². The minimum Gasteiger partial charge on any atom is -0.508 e. The van der Waals surface area contributed by atoms with Crippen LogP contribution in [0.3, 0.4) is 0 Å². The van der Waals surface area contributed by atoms with E-state index >= 15 is 0 Å². The van der Waals surface area contributed by atoms with E-state index in [1.54, 1.807) is 6.07 Å². The number of rotatable bonds is 4. The van der Waals surface area contributed by atoms with Crippen molar-refractivity contribution in [3.8, 4) is 5.75 Å². The lowest BCUT2D eigenvalue weighted by atomic mass is 9.67. The smallest absolute Gasteiger partial charge is 0.115 e. The minimum absolute atomic E-state index is 0.171. The van der Waals surface area contributed by atoms with E-state index in [2.05, 4.69) is 53.5 Å². The van der Waals surface area contributed by atoms with Gasteiger partial charge < -0.3 is 10.0 Å². The first-order valence-corrected chi connectivity index (χ1v) is 8.97. The zero-order valence-corrected chi connectivity index (χ0v) is 14.1. The quantitative estimate of drug-likeness (QED) is 0.856. The second kappa shape index (κ2) is 6.45. The van der Waals surface area contributed by atoms with Crippen molar-refractivity contribution in [1.29, 1.82) is 0 Å². The number of hydrogen-bond donors (Lipinski definition) is 1. The van der Waals surface area contributed by atoms with Crippen molar-refractivity contribution in [2.75, 3.05) is 19.6 Å². The van der Waals surface area contributed by atoms with Crippen molar-refractivity contribution in [3.63, 3.8) is 0 Å². The molecule has 1 aliphatic heterocycles. The maximum atomic E-state index is 9.95. The van der Waals surface area contributed by atoms with Crippen LogP contribution in [-0.2, 0) is 11.8 Å². The lowest BCUT2D eigenvalue weighted by molar-refractivity contribution is 0.309. The van der Waals surface area contributed by atoms with Crippen LogP contribution in [0.2, 0.25) is 0 Å². The molecule has 0 amide bonds. The Hall–Kier alpha value is -2.06. The maximum Gasteiger partial charge on any atom is 0.115 e. The van der Waals surface area contributed by atoms with E-state index in [-0.39, 0.29) is 5.41 Å². The van der Waals surface area contributed by atoms with Gasteiger partial charge in [0.2, 0.25) is 0 Å². The molecule has 0 aromatic heterocycles. The Bertz CT molecular complexity index is 724. The lowest BCUT2D eigenvalue weighted by Crippen LogP contribution is -2.36. The van der Waals surface area contributed by atoms with E-state index in [0.717, 1.165) is 38.9 Å². The van der Waals surface area contributed by atoms with Crippen molar-refractivity contribution in [3.05, 3.63) is 77.9 Å². The standard InChI is InChI=1S/C22H25NO/c24-21-11-6-10-19(15-21)22-13-5-4-9-20(22)16-23(17-22)14-12-18-7-2-1-3-8-18/h1-8,10-11,15,20,24H,9,12-14,16-17H2/t20-,22+/m0/s1. The van der Waals surface area contributed by atoms with Gasteiger partial charge in [-0.25, -0.2) is 0 Å². The van der Waals surface area contributed by atoms with E-state index in [0.29, 0.717) is 11.7 Å². The van der Waals surface area contributed by atoms with Crippen LogP contribution < -0.4 is 0 Å². The van der Waals surface area contributed by atoms with Gasteiger partial charge in [0.05, 0.1) is 0 Å². The van der Waals surface area contributed by atoms with Crippen LogP contribution in [0.5, 0.6) is 5.75 Å². The molecule has 0 unspecified atom stereocenters. The van der Waals surface area contributed by atoms with Crippen LogP contribution in [0, 0.1) is 5.92 Å². The van der Waals surface area contributed by atoms with Gasteiger partial charge in [0.1, 0.15) is 5.75 Å². The normalized spacial score (nSPS) is 26.4. The Labute approximate surface area is 144 Å². The number of hydrogen-bond acceptors (Lipinski definition) is 2. The highest BCUT2D eigenvalue weighted by Gasteiger charge is 2.47. The molecule has 1 saturated heterocycles. The monoisotopic (exact) mass is 319 g/mol. The summed E-state index contributed by atoms with van der Waals surface area (Å²) in [4.78, 5) is 2.62. The van der Waals surface area contributed by atoms with E-state index in [1.165, 1.54) is 11.1 Å². The van der Waals surface area contributed by atoms with E-state index in [9.17, 15) is 5.11 Å². The number of aromatic hydroxyl groups is 1. The van der Waals surface area contributed by atoms with Crippen LogP contribution in [0.25, 0.3) is 0 Å². The van der Waals surface area contributed by atoms with Crippen molar-refractivity contribution >= 4 is 0 Å². The second-order valence-corrected chi connectivity index (χ2v) is 7.29. The van der Waals surface area contributed by atoms with Gasteiger partial charge in [0.25, 0.3) is 0 Å². The number of benzene rings is 2. The first-order valence-electron chi connectivity index (χ1n) is 8.97. The largest absolute Gasteiger partial charge is 0.508 e. The van der Waals surface area contributed by atoms with Crippen LogP contribution in [0.15, 0.2) is 66.7 Å². The lowest BCUT2D eigenvalue weighted by Gasteiger charge is -2.37. The highest BCUT2D eigenvalue weighted by Crippen LogP contribution is 2.47. The summed E-state index contributed by atoms with van der Waals surface area (Å²) in [5, 5.41) is 9.95. The molecule has 2 atom stereocenters. The molecule has 1 aliphatic carbocycles. The molecule has 2 aromatic rings. The molecule has 1 heterocycles. The summed E-state index contributed by atoms with van der Waals surface area (Å²) in [7, 11) is 0. The van der Waals surface area contributed by atoms with Gasteiger partial charge in [0, 0.05) is 25.0 Å². The zero-order chi connectivity index (χ0) is 16.4. The van der Waals surface area contributed by atoms with E-state index in [4.69, 9.17) is 0 Å². The molecule has 1 fully saturated rings. The average molecular weight is 319 g/mol. The molecule has 24 heavy (non-hydrogen) atoms. The number of fused-ring (bicyclic) bond motifs is 1. The van der Waals surface area contributed by atoms with Gasteiger partial charge in [-0.1, -0.05) is 54.6 Å². The topological polar surface area (TPSA) is 23.5 Å². The van der Waals surface area contributed by atoms with Gasteiger partial charge in [-0.05, 0) is 48.4 Å². The molecule has 4 rings (SSSR count). The Morgan fingerprint density at radius 2 is 1.92 bits per heavy atom. The third-order valence-corrected chi connectivity index (χ3v) is 5.82. The molecule has 0 saturated carbocycles. The van der Waals surface area contributed by atoms with Crippen LogP contribution in [0.1, 0.15) is 24.0 Å². The Balaban J connectivity index is 1.53. The SMILES string of the molecule is Oc1cccc([C@]23CC=CC[C@H]2CN(CCc2ccccc2)C3)c1. The van der Waals surface area contributed by atoms with Gasteiger partial charge in [0.15, 0.2) is 0 Å². The minimum atomic E-state index is 0.171. The Morgan fingerprint density at radius 3 is 2.75 bits per heavy atom. The number of allylic oxidation sites excluding steroid dienone is 2. The van der Waals surface area contributed by atoms with Gasteiger partial charge in [-0.15, -0.1) is 0 Å². The summed E-state index contributed by atoms with van der Waals surface area (Å²) in [6.45, 7) is 3.37. The summed E-state index contributed by atoms with van der Waals surface area (Å²) in [5.74, 6) is 1.04. The summed E-state index contributed by atoms with van der Waals surface area (Å²) in [6.07, 6.45) is 8.02. The van der Waals surface area contributed by atoms with Crippen molar-refractivity contribution in [2.45, 2.75) is 24.7 Å². The molecule has 124 valence electrons. The van der Waals surface area contributed by atoms with E-state index in [1.807, 2.05) is 12.1 Å². The Morgan fingerprint density at radius 1 is 1.04 bits per heavy atom. The Kier molecular flexibility index (Phi) is 4.15. The molecule has 0 spiro atoms. The molecular formula is C22H25NO.